The van der Waals surface area contributed by atoms with Crippen molar-refractivity contribution in [1.82, 2.24) is 5.32 Å². The van der Waals surface area contributed by atoms with Crippen molar-refractivity contribution in [3.8, 4) is 0 Å². The summed E-state index contributed by atoms with van der Waals surface area (Å²) in [5.74, 6) is -0.243. The first-order valence-electron chi connectivity index (χ1n) is 10.3. The standard InChI is InChI=1S/C27H24N2O2/c1-20-11-13-22(14-12-20)27(31)29(25-9-3-2-4-10-25)18-17-28-26(30)24-16-15-21-7-5-6-8-23(21)19-24/h2-16,19H,17-18H2,1H3,(H,28,30). The Kier molecular flexibility index (Phi) is 6.08. The smallest absolute Gasteiger partial charge is 0.258 e. The van der Waals surface area contributed by atoms with E-state index in [1.807, 2.05) is 104 Å². The average Bonchev–Trinajstić information content (AvgIpc) is 2.82. The third kappa shape index (κ3) is 4.81. The van der Waals surface area contributed by atoms with Crippen molar-refractivity contribution in [2.75, 3.05) is 18.0 Å². The maximum absolute atomic E-state index is 13.2. The Bertz CT molecular complexity index is 1200. The van der Waals surface area contributed by atoms with Crippen LogP contribution in [0.4, 0.5) is 5.69 Å². The molecule has 31 heavy (non-hydrogen) atoms. The SMILES string of the molecule is Cc1ccc(C(=O)N(CCNC(=O)c2ccc3ccccc3c2)c2ccccc2)cc1. The predicted octanol–water partition coefficient (Wildman–Crippen LogP) is 5.23. The largest absolute Gasteiger partial charge is 0.350 e. The van der Waals surface area contributed by atoms with Gasteiger partial charge in [0, 0.05) is 29.9 Å². The fourth-order valence-corrected chi connectivity index (χ4v) is 3.52. The van der Waals surface area contributed by atoms with Crippen molar-refractivity contribution in [2.45, 2.75) is 6.92 Å². The monoisotopic (exact) mass is 408 g/mol. The number of hydrogen-bond donors (Lipinski definition) is 1. The number of fused-ring (bicyclic) bond motifs is 1. The van der Waals surface area contributed by atoms with Crippen LogP contribution in [0.3, 0.4) is 0 Å². The fourth-order valence-electron chi connectivity index (χ4n) is 3.52. The maximum Gasteiger partial charge on any atom is 0.258 e. The molecule has 0 aliphatic carbocycles. The number of carbonyl (C=O) groups is 2. The Balaban J connectivity index is 1.47. The van der Waals surface area contributed by atoms with E-state index in [4.69, 9.17) is 0 Å². The Labute approximate surface area is 182 Å². The molecule has 0 aromatic heterocycles. The van der Waals surface area contributed by atoms with Crippen molar-refractivity contribution in [3.63, 3.8) is 0 Å². The van der Waals surface area contributed by atoms with Gasteiger partial charge in [0.15, 0.2) is 0 Å². The van der Waals surface area contributed by atoms with Crippen LogP contribution in [-0.4, -0.2) is 24.9 Å². The number of carbonyl (C=O) groups excluding carboxylic acids is 2. The number of benzene rings is 4. The van der Waals surface area contributed by atoms with E-state index in [0.717, 1.165) is 22.0 Å². The molecule has 0 atom stereocenters. The van der Waals surface area contributed by atoms with Gasteiger partial charge >= 0.3 is 0 Å². The molecule has 0 unspecified atom stereocenters. The Morgan fingerprint density at radius 1 is 0.742 bits per heavy atom. The summed E-state index contributed by atoms with van der Waals surface area (Å²) in [5.41, 5.74) is 3.13. The molecule has 0 fully saturated rings. The van der Waals surface area contributed by atoms with Crippen LogP contribution in [0, 0.1) is 6.92 Å². The minimum absolute atomic E-state index is 0.0915. The number of rotatable bonds is 6. The molecule has 0 heterocycles. The highest BCUT2D eigenvalue weighted by molar-refractivity contribution is 6.06. The normalized spacial score (nSPS) is 10.6. The van der Waals surface area contributed by atoms with Crippen LogP contribution in [0.15, 0.2) is 97.1 Å². The van der Waals surface area contributed by atoms with E-state index in [1.165, 1.54) is 0 Å². The second kappa shape index (κ2) is 9.26. The molecule has 0 saturated carbocycles. The van der Waals surface area contributed by atoms with E-state index in [9.17, 15) is 9.59 Å². The van der Waals surface area contributed by atoms with E-state index in [2.05, 4.69) is 5.32 Å². The second-order valence-corrected chi connectivity index (χ2v) is 7.48. The molecule has 4 aromatic rings. The van der Waals surface area contributed by atoms with Crippen LogP contribution >= 0.6 is 0 Å². The molecule has 0 bridgehead atoms. The number of amides is 2. The van der Waals surface area contributed by atoms with Gasteiger partial charge in [-0.2, -0.15) is 0 Å². The van der Waals surface area contributed by atoms with Crippen molar-refractivity contribution in [2.24, 2.45) is 0 Å². The number of nitrogens with zero attached hydrogens (tertiary/aromatic N) is 1. The number of anilines is 1. The van der Waals surface area contributed by atoms with Crippen LogP contribution in [0.5, 0.6) is 0 Å². The van der Waals surface area contributed by atoms with Gasteiger partial charge in [-0.3, -0.25) is 9.59 Å². The molecule has 0 spiro atoms. The van der Waals surface area contributed by atoms with Crippen LogP contribution in [0.25, 0.3) is 10.8 Å². The highest BCUT2D eigenvalue weighted by Crippen LogP contribution is 2.18. The van der Waals surface area contributed by atoms with E-state index in [1.54, 1.807) is 4.90 Å². The van der Waals surface area contributed by atoms with Crippen LogP contribution in [0.2, 0.25) is 0 Å². The van der Waals surface area contributed by atoms with Gasteiger partial charge in [0.1, 0.15) is 0 Å². The lowest BCUT2D eigenvalue weighted by molar-refractivity contribution is 0.0943. The second-order valence-electron chi connectivity index (χ2n) is 7.48. The van der Waals surface area contributed by atoms with Gasteiger partial charge < -0.3 is 10.2 Å². The van der Waals surface area contributed by atoms with E-state index >= 15 is 0 Å². The fraction of sp³-hybridized carbons (Fsp3) is 0.111. The van der Waals surface area contributed by atoms with Crippen molar-refractivity contribution in [3.05, 3.63) is 114 Å². The van der Waals surface area contributed by atoms with E-state index in [0.29, 0.717) is 24.2 Å². The molecule has 4 nitrogen and oxygen atoms in total. The number of nitrogens with one attached hydrogen (secondary N) is 1. The number of hydrogen-bond acceptors (Lipinski definition) is 2. The lowest BCUT2D eigenvalue weighted by atomic mass is 10.1. The first kappa shape index (κ1) is 20.4. The van der Waals surface area contributed by atoms with Gasteiger partial charge in [-0.1, -0.05) is 66.2 Å². The molecular weight excluding hydrogens is 384 g/mol. The van der Waals surface area contributed by atoms with Gasteiger partial charge in [0.05, 0.1) is 0 Å². The summed E-state index contributed by atoms with van der Waals surface area (Å²) in [4.78, 5) is 27.5. The van der Waals surface area contributed by atoms with Crippen LogP contribution < -0.4 is 10.2 Å². The molecule has 0 saturated heterocycles. The highest BCUT2D eigenvalue weighted by atomic mass is 16.2. The summed E-state index contributed by atoms with van der Waals surface area (Å²) >= 11 is 0. The van der Waals surface area contributed by atoms with Gasteiger partial charge in [0.25, 0.3) is 11.8 Å². The Morgan fingerprint density at radius 3 is 2.13 bits per heavy atom. The highest BCUT2D eigenvalue weighted by Gasteiger charge is 2.18. The quantitative estimate of drug-likeness (QED) is 0.475. The molecule has 2 amide bonds. The third-order valence-electron chi connectivity index (χ3n) is 5.24. The van der Waals surface area contributed by atoms with Gasteiger partial charge in [0.2, 0.25) is 0 Å². The van der Waals surface area contributed by atoms with E-state index < -0.39 is 0 Å². The third-order valence-corrected chi connectivity index (χ3v) is 5.24. The lowest BCUT2D eigenvalue weighted by Crippen LogP contribution is -2.38. The van der Waals surface area contributed by atoms with Gasteiger partial charge in [-0.05, 0) is 54.1 Å². The summed E-state index contributed by atoms with van der Waals surface area (Å²) < 4.78 is 0. The maximum atomic E-state index is 13.2. The number of para-hydroxylation sites is 1. The van der Waals surface area contributed by atoms with Crippen molar-refractivity contribution < 1.29 is 9.59 Å². The molecule has 4 rings (SSSR count). The Hall–Kier alpha value is -3.92. The summed E-state index contributed by atoms with van der Waals surface area (Å²) in [7, 11) is 0. The zero-order chi connectivity index (χ0) is 21.6. The first-order chi connectivity index (χ1) is 15.1. The minimum atomic E-state index is -0.151. The van der Waals surface area contributed by atoms with Crippen molar-refractivity contribution in [1.29, 1.82) is 0 Å². The zero-order valence-electron chi connectivity index (χ0n) is 17.4. The molecule has 0 radical (unpaired) electrons. The topological polar surface area (TPSA) is 49.4 Å². The van der Waals surface area contributed by atoms with Crippen LogP contribution in [-0.2, 0) is 0 Å². The molecule has 0 aliphatic rings. The molecule has 154 valence electrons. The first-order valence-corrected chi connectivity index (χ1v) is 10.3. The molecule has 1 N–H and O–H groups in total. The summed E-state index contributed by atoms with van der Waals surface area (Å²) in [6.45, 7) is 2.71. The summed E-state index contributed by atoms with van der Waals surface area (Å²) in [6, 6.07) is 30.6. The van der Waals surface area contributed by atoms with Crippen LogP contribution in [0.1, 0.15) is 26.3 Å². The molecule has 0 aliphatic heterocycles. The molecule has 4 aromatic carbocycles. The lowest BCUT2D eigenvalue weighted by Gasteiger charge is -2.23. The average molecular weight is 409 g/mol. The van der Waals surface area contributed by atoms with Gasteiger partial charge in [-0.15, -0.1) is 0 Å². The number of aryl methyl sites for hydroxylation is 1. The van der Waals surface area contributed by atoms with Gasteiger partial charge in [-0.25, -0.2) is 0 Å². The van der Waals surface area contributed by atoms with Crippen molar-refractivity contribution >= 4 is 28.3 Å². The zero-order valence-corrected chi connectivity index (χ0v) is 17.4. The molecular formula is C27H24N2O2. The summed E-state index contributed by atoms with van der Waals surface area (Å²) in [5, 5.41) is 5.07. The minimum Gasteiger partial charge on any atom is -0.350 e. The Morgan fingerprint density at radius 2 is 1.39 bits per heavy atom. The summed E-state index contributed by atoms with van der Waals surface area (Å²) in [6.07, 6.45) is 0. The predicted molar refractivity (Wildman–Crippen MR) is 126 cm³/mol. The van der Waals surface area contributed by atoms with E-state index in [-0.39, 0.29) is 11.8 Å². The molecule has 4 heteroatoms.